The predicted molar refractivity (Wildman–Crippen MR) is 156 cm³/mol. The molecule has 40 heavy (non-hydrogen) atoms. The molecule has 0 aliphatic carbocycles. The number of hydrogen-bond donors (Lipinski definition) is 2. The number of pyridine rings is 1. The van der Waals surface area contributed by atoms with E-state index >= 15 is 0 Å². The zero-order valence-electron chi connectivity index (χ0n) is 22.1. The summed E-state index contributed by atoms with van der Waals surface area (Å²) in [6.45, 7) is 0.369. The van der Waals surface area contributed by atoms with E-state index < -0.39 is 5.97 Å². The van der Waals surface area contributed by atoms with Gasteiger partial charge in [-0.3, -0.25) is 9.78 Å². The Labute approximate surface area is 237 Å². The van der Waals surface area contributed by atoms with Crippen LogP contribution in [0.15, 0.2) is 91.3 Å². The van der Waals surface area contributed by atoms with Gasteiger partial charge in [-0.1, -0.05) is 24.3 Å². The summed E-state index contributed by atoms with van der Waals surface area (Å²) in [7, 11) is 2.93. The number of methoxy groups -OCH3 is 2. The second kappa shape index (κ2) is 12.0. The molecule has 0 spiro atoms. The van der Waals surface area contributed by atoms with Crippen LogP contribution in [0.1, 0.15) is 40.3 Å². The van der Waals surface area contributed by atoms with Crippen molar-refractivity contribution < 1.29 is 19.1 Å². The summed E-state index contributed by atoms with van der Waals surface area (Å²) in [5.74, 6) is 0.0242. The van der Waals surface area contributed by atoms with E-state index in [9.17, 15) is 9.59 Å². The summed E-state index contributed by atoms with van der Waals surface area (Å²) in [5.41, 5.74) is 3.61. The van der Waals surface area contributed by atoms with Gasteiger partial charge in [0.1, 0.15) is 5.75 Å². The van der Waals surface area contributed by atoms with Crippen LogP contribution in [-0.2, 0) is 9.53 Å². The van der Waals surface area contributed by atoms with Gasteiger partial charge in [-0.05, 0) is 66.8 Å². The minimum absolute atomic E-state index is 0.159. The largest absolute Gasteiger partial charge is 0.495 e. The van der Waals surface area contributed by atoms with E-state index in [0.717, 1.165) is 17.1 Å². The molecule has 1 amide bonds. The highest BCUT2D eigenvalue weighted by Crippen LogP contribution is 2.39. The van der Waals surface area contributed by atoms with Crippen LogP contribution in [0.5, 0.6) is 5.75 Å². The zero-order valence-corrected chi connectivity index (χ0v) is 22.9. The van der Waals surface area contributed by atoms with Gasteiger partial charge in [-0.15, -0.1) is 0 Å². The number of benzene rings is 2. The third-order valence-corrected chi connectivity index (χ3v) is 7.14. The first-order chi connectivity index (χ1) is 19.5. The average molecular weight is 556 g/mol. The van der Waals surface area contributed by atoms with Crippen molar-refractivity contribution in [1.82, 2.24) is 19.8 Å². The molecule has 1 aliphatic rings. The van der Waals surface area contributed by atoms with E-state index in [0.29, 0.717) is 28.7 Å². The number of para-hydroxylation sites is 2. The number of aromatic nitrogens is 2. The van der Waals surface area contributed by atoms with Crippen LogP contribution in [0, 0.1) is 0 Å². The van der Waals surface area contributed by atoms with E-state index in [1.165, 1.54) is 7.11 Å². The van der Waals surface area contributed by atoms with Crippen molar-refractivity contribution >= 4 is 34.9 Å². The van der Waals surface area contributed by atoms with Crippen molar-refractivity contribution in [3.05, 3.63) is 108 Å². The quantitative estimate of drug-likeness (QED) is 0.227. The first-order valence-electron chi connectivity index (χ1n) is 12.8. The summed E-state index contributed by atoms with van der Waals surface area (Å²) in [6.07, 6.45) is 3.89. The number of ether oxygens (including phenoxy) is 2. The van der Waals surface area contributed by atoms with Crippen LogP contribution in [0.3, 0.4) is 0 Å². The summed E-state index contributed by atoms with van der Waals surface area (Å²) in [4.78, 5) is 31.8. The minimum Gasteiger partial charge on any atom is -0.495 e. The number of nitrogens with one attached hydrogen (secondary N) is 2. The molecule has 204 valence electrons. The highest BCUT2D eigenvalue weighted by atomic mass is 32.1. The van der Waals surface area contributed by atoms with Gasteiger partial charge in [-0.25, -0.2) is 4.79 Å². The fourth-order valence-electron chi connectivity index (χ4n) is 4.92. The Morgan fingerprint density at radius 2 is 1.85 bits per heavy atom. The maximum Gasteiger partial charge on any atom is 0.337 e. The number of hydrogen-bond acceptors (Lipinski definition) is 6. The molecule has 2 aromatic heterocycles. The second-order valence-electron chi connectivity index (χ2n) is 9.16. The first-order valence-corrected chi connectivity index (χ1v) is 13.2. The van der Waals surface area contributed by atoms with Crippen LogP contribution in [0.4, 0.5) is 5.69 Å². The number of esters is 1. The summed E-state index contributed by atoms with van der Waals surface area (Å²) < 4.78 is 12.3. The molecule has 0 bridgehead atoms. The first kappa shape index (κ1) is 26.9. The standard InChI is InChI=1S/C30H29N5O4S/c1-38-25-14-4-3-11-22(25)32-26(36)15-18-35-28(27(33-30(35)40)23-12-5-6-16-31-23)24-13-8-17-34(24)21-10-7-9-20(19-21)29(37)39-2/h3-14,16-17,19,27-28H,15,18H2,1-2H3,(H,32,36)(H,33,40). The van der Waals surface area contributed by atoms with Crippen LogP contribution >= 0.6 is 12.2 Å². The molecule has 1 saturated heterocycles. The number of nitrogens with zero attached hydrogens (tertiary/aromatic N) is 3. The van der Waals surface area contributed by atoms with Crippen LogP contribution < -0.4 is 15.4 Å². The maximum atomic E-state index is 13.0. The molecule has 2 atom stereocenters. The summed E-state index contributed by atoms with van der Waals surface area (Å²) in [5, 5.41) is 6.89. The van der Waals surface area contributed by atoms with Gasteiger partial charge in [0.15, 0.2) is 5.11 Å². The van der Waals surface area contributed by atoms with Crippen molar-refractivity contribution in [3.63, 3.8) is 0 Å². The number of carbonyl (C=O) groups is 2. The fourth-order valence-corrected chi connectivity index (χ4v) is 5.25. The lowest BCUT2D eigenvalue weighted by Gasteiger charge is -2.29. The van der Waals surface area contributed by atoms with Crippen LogP contribution in [-0.4, -0.2) is 52.2 Å². The number of carbonyl (C=O) groups excluding carboxylic acids is 2. The molecule has 2 N–H and O–H groups in total. The molecule has 0 radical (unpaired) electrons. The zero-order chi connectivity index (χ0) is 28.1. The Balaban J connectivity index is 1.46. The van der Waals surface area contributed by atoms with Gasteiger partial charge < -0.3 is 29.6 Å². The molecule has 2 aromatic carbocycles. The third kappa shape index (κ3) is 5.52. The Morgan fingerprint density at radius 1 is 1.02 bits per heavy atom. The minimum atomic E-state index is -0.409. The molecule has 3 heterocycles. The maximum absolute atomic E-state index is 13.0. The van der Waals surface area contributed by atoms with Gasteiger partial charge in [0, 0.05) is 36.7 Å². The molecule has 4 aromatic rings. The molecular weight excluding hydrogens is 526 g/mol. The monoisotopic (exact) mass is 555 g/mol. The number of thiocarbonyl (C=S) groups is 1. The second-order valence-corrected chi connectivity index (χ2v) is 9.55. The lowest BCUT2D eigenvalue weighted by Crippen LogP contribution is -2.33. The number of rotatable bonds is 9. The van der Waals surface area contributed by atoms with Crippen LogP contribution in [0.25, 0.3) is 5.69 Å². The van der Waals surface area contributed by atoms with E-state index in [-0.39, 0.29) is 24.4 Å². The molecule has 0 saturated carbocycles. The smallest absolute Gasteiger partial charge is 0.337 e. The molecule has 2 unspecified atom stereocenters. The molecular formula is C30H29N5O4S. The van der Waals surface area contributed by atoms with E-state index in [1.807, 2.05) is 70.3 Å². The van der Waals surface area contributed by atoms with Gasteiger partial charge in [0.05, 0.1) is 43.2 Å². The van der Waals surface area contributed by atoms with E-state index in [4.69, 9.17) is 21.7 Å². The Bertz CT molecular complexity index is 1520. The lowest BCUT2D eigenvalue weighted by atomic mass is 10.0. The van der Waals surface area contributed by atoms with Crippen molar-refractivity contribution in [3.8, 4) is 11.4 Å². The normalized spacial score (nSPS) is 16.4. The van der Waals surface area contributed by atoms with Crippen LogP contribution in [0.2, 0.25) is 0 Å². The third-order valence-electron chi connectivity index (χ3n) is 6.79. The summed E-state index contributed by atoms with van der Waals surface area (Å²) >= 11 is 5.79. The molecule has 10 heteroatoms. The van der Waals surface area contributed by atoms with Gasteiger partial charge in [0.2, 0.25) is 5.91 Å². The highest BCUT2D eigenvalue weighted by Gasteiger charge is 2.41. The molecule has 9 nitrogen and oxygen atoms in total. The predicted octanol–water partition coefficient (Wildman–Crippen LogP) is 4.67. The molecule has 5 rings (SSSR count). The topological polar surface area (TPSA) is 97.7 Å². The Kier molecular flexibility index (Phi) is 8.07. The van der Waals surface area contributed by atoms with Crippen molar-refractivity contribution in [1.29, 1.82) is 0 Å². The Hall–Kier alpha value is -4.70. The Morgan fingerprint density at radius 3 is 2.62 bits per heavy atom. The lowest BCUT2D eigenvalue weighted by molar-refractivity contribution is -0.116. The van der Waals surface area contributed by atoms with Crippen molar-refractivity contribution in [2.24, 2.45) is 0 Å². The average Bonchev–Trinajstić information content (AvgIpc) is 3.60. The van der Waals surface area contributed by atoms with E-state index in [2.05, 4.69) is 15.6 Å². The van der Waals surface area contributed by atoms with Crippen molar-refractivity contribution in [2.75, 3.05) is 26.1 Å². The van der Waals surface area contributed by atoms with Gasteiger partial charge >= 0.3 is 5.97 Å². The van der Waals surface area contributed by atoms with Gasteiger partial charge in [0.25, 0.3) is 0 Å². The fraction of sp³-hybridized carbons (Fsp3) is 0.200. The number of anilines is 1. The highest BCUT2D eigenvalue weighted by molar-refractivity contribution is 7.80. The van der Waals surface area contributed by atoms with Gasteiger partial charge in [-0.2, -0.15) is 0 Å². The SMILES string of the molecule is COC(=O)c1cccc(-n2cccc2C2C(c3ccccn3)NC(=S)N2CCC(=O)Nc2ccccc2OC)c1. The number of amides is 1. The summed E-state index contributed by atoms with van der Waals surface area (Å²) in [6, 6.07) is 23.7. The molecule has 1 fully saturated rings. The molecule has 1 aliphatic heterocycles. The van der Waals surface area contributed by atoms with Crippen molar-refractivity contribution in [2.45, 2.75) is 18.5 Å². The van der Waals surface area contributed by atoms with E-state index in [1.54, 1.807) is 37.6 Å².